The zero-order valence-corrected chi connectivity index (χ0v) is 16.1. The molecule has 5 N–H and O–H groups in total. The van der Waals surface area contributed by atoms with E-state index in [2.05, 4.69) is 0 Å². The summed E-state index contributed by atoms with van der Waals surface area (Å²) in [6.07, 6.45) is -2.10. The Morgan fingerprint density at radius 1 is 1.06 bits per heavy atom. The minimum Gasteiger partial charge on any atom is -0.508 e. The number of phenolic OH excluding ortho intramolecular Hbond substituents is 1. The van der Waals surface area contributed by atoms with E-state index >= 15 is 0 Å². The molecule has 10 heteroatoms. The third-order valence-electron chi connectivity index (χ3n) is 5.97. The van der Waals surface area contributed by atoms with Crippen LogP contribution in [0.3, 0.4) is 0 Å². The van der Waals surface area contributed by atoms with Crippen LogP contribution in [0.4, 0.5) is 0 Å². The van der Waals surface area contributed by atoms with Gasteiger partial charge in [-0.25, -0.2) is 0 Å². The summed E-state index contributed by atoms with van der Waals surface area (Å²) in [7, 11) is 0. The lowest BCUT2D eigenvalue weighted by atomic mass is 9.93. The summed E-state index contributed by atoms with van der Waals surface area (Å²) in [6.45, 7) is -0.546. The van der Waals surface area contributed by atoms with Crippen LogP contribution in [-0.2, 0) is 14.2 Å². The van der Waals surface area contributed by atoms with Crippen LogP contribution in [0, 0.1) is 0 Å². The molecule has 3 aliphatic heterocycles. The molecule has 166 valence electrons. The fourth-order valence-corrected chi connectivity index (χ4v) is 4.14. The van der Waals surface area contributed by atoms with E-state index in [1.54, 1.807) is 24.3 Å². The summed E-state index contributed by atoms with van der Waals surface area (Å²) >= 11 is 0. The van der Waals surface area contributed by atoms with Crippen LogP contribution in [0.15, 0.2) is 42.5 Å². The van der Waals surface area contributed by atoms with Crippen LogP contribution in [0.1, 0.15) is 10.4 Å². The van der Waals surface area contributed by atoms with Crippen LogP contribution < -0.4 is 4.74 Å². The number of ether oxygens (including phenoxy) is 4. The van der Waals surface area contributed by atoms with Gasteiger partial charge in [0, 0.05) is 6.07 Å². The Morgan fingerprint density at radius 2 is 1.81 bits per heavy atom. The van der Waals surface area contributed by atoms with E-state index in [-0.39, 0.29) is 11.5 Å². The normalized spacial score (nSPS) is 43.2. The number of aromatic hydroxyl groups is 1. The number of carbonyl (C=O) groups is 1. The summed E-state index contributed by atoms with van der Waals surface area (Å²) in [4.78, 5) is 12.6. The quantitative estimate of drug-likeness (QED) is 0.287. The second-order valence-electron chi connectivity index (χ2n) is 7.99. The number of carbonyl (C=O) groups excluding carboxylic acids is 1. The van der Waals surface area contributed by atoms with Gasteiger partial charge in [-0.3, -0.25) is 4.79 Å². The molecule has 5 rings (SSSR count). The maximum Gasteiger partial charge on any atom is 0.209 e. The molecule has 10 nitrogen and oxygen atoms in total. The van der Waals surface area contributed by atoms with Gasteiger partial charge in [0.15, 0.2) is 12.4 Å². The molecule has 31 heavy (non-hydrogen) atoms. The van der Waals surface area contributed by atoms with Crippen LogP contribution >= 0.6 is 0 Å². The summed E-state index contributed by atoms with van der Waals surface area (Å²) < 4.78 is 22.5. The zero-order chi connectivity index (χ0) is 21.9. The van der Waals surface area contributed by atoms with E-state index in [0.717, 1.165) is 0 Å². The number of fused-ring (bicyclic) bond motifs is 1. The maximum atomic E-state index is 12.6. The Bertz CT molecular complexity index is 926. The van der Waals surface area contributed by atoms with Crippen molar-refractivity contribution < 1.29 is 49.3 Å². The fraction of sp³-hybridized carbons (Fsp3) is 0.476. The average Bonchev–Trinajstić information content (AvgIpc) is 3.36. The number of ketones is 1. The van der Waals surface area contributed by atoms with E-state index < -0.39 is 61.2 Å². The third kappa shape index (κ3) is 3.37. The molecule has 1 spiro atoms. The van der Waals surface area contributed by atoms with Crippen molar-refractivity contribution in [1.82, 2.24) is 0 Å². The molecule has 0 radical (unpaired) electrons. The van der Waals surface area contributed by atoms with E-state index in [9.17, 15) is 30.3 Å². The Labute approximate surface area is 176 Å². The van der Waals surface area contributed by atoms with Crippen molar-refractivity contribution in [3.63, 3.8) is 0 Å². The highest BCUT2D eigenvalue weighted by Gasteiger charge is 2.62. The lowest BCUT2D eigenvalue weighted by Crippen LogP contribution is -2.59. The minimum absolute atomic E-state index is 0.00395. The first-order valence-corrected chi connectivity index (χ1v) is 9.89. The van der Waals surface area contributed by atoms with Gasteiger partial charge in [0.1, 0.15) is 47.6 Å². The van der Waals surface area contributed by atoms with Gasteiger partial charge in [-0.15, -0.1) is 0 Å². The van der Waals surface area contributed by atoms with Crippen LogP contribution in [0.25, 0.3) is 0 Å². The van der Waals surface area contributed by atoms with Crippen molar-refractivity contribution in [3.8, 4) is 11.5 Å². The number of rotatable bonds is 4. The number of phenols is 1. The molecule has 3 heterocycles. The largest absolute Gasteiger partial charge is 0.508 e. The number of aliphatic hydroxyl groups is 4. The number of Topliss-reactive ketones (excluding diaryl/α,β-unsaturated/α-hetero) is 1. The van der Waals surface area contributed by atoms with Gasteiger partial charge in [-0.1, -0.05) is 12.2 Å². The lowest BCUT2D eigenvalue weighted by Gasteiger charge is -2.40. The van der Waals surface area contributed by atoms with Gasteiger partial charge in [0.2, 0.25) is 5.78 Å². The first-order valence-electron chi connectivity index (χ1n) is 9.89. The molecule has 1 aromatic carbocycles. The maximum absolute atomic E-state index is 12.6. The molecule has 7 atom stereocenters. The van der Waals surface area contributed by atoms with Crippen molar-refractivity contribution >= 4 is 5.78 Å². The molecular weight excluding hydrogens is 412 g/mol. The average molecular weight is 434 g/mol. The standard InChI is InChI=1S/C21H22O10/c22-8-13-15(25)16(26)17(27)20(30-13)28-10-3-5-21(6-4-10)19(31-21)18-14(24)11-2-1-9(23)7-12(11)29-18/h1-7,10,13,15-20,22-23,25-27H,8H2/t10?,13-,15-,16+,17-,18?,19?,20-,21?/m1/s1. The molecule has 0 saturated carbocycles. The molecule has 1 aromatic rings. The van der Waals surface area contributed by atoms with Crippen molar-refractivity contribution in [2.24, 2.45) is 0 Å². The van der Waals surface area contributed by atoms with Crippen molar-refractivity contribution in [1.29, 1.82) is 0 Å². The molecular formula is C21H22O10. The first-order chi connectivity index (χ1) is 14.8. The van der Waals surface area contributed by atoms with Crippen molar-refractivity contribution in [3.05, 3.63) is 48.1 Å². The Morgan fingerprint density at radius 3 is 2.52 bits per heavy atom. The molecule has 0 bridgehead atoms. The first kappa shape index (κ1) is 20.6. The summed E-state index contributed by atoms with van der Waals surface area (Å²) in [5.74, 6) is 0.0934. The predicted octanol–water partition coefficient (Wildman–Crippen LogP) is -1.22. The molecule has 0 amide bonds. The highest BCUT2D eigenvalue weighted by molar-refractivity contribution is 6.05. The van der Waals surface area contributed by atoms with Gasteiger partial charge in [-0.05, 0) is 24.3 Å². The van der Waals surface area contributed by atoms with E-state index in [1.807, 2.05) is 0 Å². The van der Waals surface area contributed by atoms with Gasteiger partial charge in [0.05, 0.1) is 18.3 Å². The molecule has 0 aromatic heterocycles. The smallest absolute Gasteiger partial charge is 0.209 e. The molecule has 2 saturated heterocycles. The summed E-state index contributed by atoms with van der Waals surface area (Å²) in [5, 5.41) is 48.7. The number of benzene rings is 1. The molecule has 4 aliphatic rings. The summed E-state index contributed by atoms with van der Waals surface area (Å²) in [6, 6.07) is 4.32. The second kappa shape index (κ2) is 7.38. The van der Waals surface area contributed by atoms with Crippen LogP contribution in [0.2, 0.25) is 0 Å². The number of epoxide rings is 1. The highest BCUT2D eigenvalue weighted by atomic mass is 16.7. The van der Waals surface area contributed by atoms with Crippen molar-refractivity contribution in [2.75, 3.05) is 6.61 Å². The molecule has 1 aliphatic carbocycles. The second-order valence-corrected chi connectivity index (χ2v) is 7.99. The molecule has 2 unspecified atom stereocenters. The van der Waals surface area contributed by atoms with Gasteiger partial charge in [0.25, 0.3) is 0 Å². The van der Waals surface area contributed by atoms with E-state index in [1.165, 1.54) is 18.2 Å². The number of hydrogen-bond acceptors (Lipinski definition) is 10. The Balaban J connectivity index is 1.23. The lowest BCUT2D eigenvalue weighted by molar-refractivity contribution is -0.304. The topological polar surface area (TPSA) is 158 Å². The van der Waals surface area contributed by atoms with Gasteiger partial charge in [-0.2, -0.15) is 0 Å². The Kier molecular flexibility index (Phi) is 4.90. The zero-order valence-electron chi connectivity index (χ0n) is 16.1. The van der Waals surface area contributed by atoms with Gasteiger partial charge >= 0.3 is 0 Å². The van der Waals surface area contributed by atoms with E-state index in [4.69, 9.17) is 18.9 Å². The third-order valence-corrected chi connectivity index (χ3v) is 5.97. The number of hydrogen-bond donors (Lipinski definition) is 5. The summed E-state index contributed by atoms with van der Waals surface area (Å²) in [5.41, 5.74) is -0.444. The van der Waals surface area contributed by atoms with Crippen LogP contribution in [0.5, 0.6) is 11.5 Å². The number of aliphatic hydroxyl groups excluding tert-OH is 4. The molecule has 2 fully saturated rings. The highest BCUT2D eigenvalue weighted by Crippen LogP contribution is 2.48. The van der Waals surface area contributed by atoms with E-state index in [0.29, 0.717) is 11.3 Å². The van der Waals surface area contributed by atoms with Crippen molar-refractivity contribution in [2.45, 2.75) is 54.6 Å². The SMILES string of the molecule is O=C1c2ccc(O)cc2OC1C1OC12C=CC(O[C@@H]1O[C@H](CO)[C@@H](O)[C@H](O)[C@H]1O)C=C2. The monoisotopic (exact) mass is 434 g/mol. The predicted molar refractivity (Wildman–Crippen MR) is 101 cm³/mol. The van der Waals surface area contributed by atoms with Gasteiger partial charge < -0.3 is 44.5 Å². The minimum atomic E-state index is -1.53. The Hall–Kier alpha value is -2.31. The van der Waals surface area contributed by atoms with Crippen LogP contribution in [-0.4, -0.2) is 92.5 Å². The fourth-order valence-electron chi connectivity index (χ4n) is 4.14.